The number of nitrogens with zero attached hydrogens (tertiary/aromatic N) is 2. The average molecular weight is 236 g/mol. The van der Waals surface area contributed by atoms with Gasteiger partial charge < -0.3 is 14.5 Å². The van der Waals surface area contributed by atoms with Crippen molar-refractivity contribution in [1.29, 1.82) is 0 Å². The predicted molar refractivity (Wildman–Crippen MR) is 72.5 cm³/mol. The summed E-state index contributed by atoms with van der Waals surface area (Å²) >= 11 is 0. The molecule has 0 radical (unpaired) electrons. The first kappa shape index (κ1) is 14.0. The average Bonchev–Trinajstić information content (AvgIpc) is 2.29. The highest BCUT2D eigenvalue weighted by Crippen LogP contribution is 2.13. The van der Waals surface area contributed by atoms with Gasteiger partial charge in [-0.3, -0.25) is 0 Å². The zero-order valence-corrected chi connectivity index (χ0v) is 11.4. The van der Waals surface area contributed by atoms with Gasteiger partial charge in [0.2, 0.25) is 0 Å². The van der Waals surface area contributed by atoms with Crippen LogP contribution in [0.25, 0.3) is 0 Å². The molecule has 0 unspecified atom stereocenters. The summed E-state index contributed by atoms with van der Waals surface area (Å²) in [4.78, 5) is 4.53. The molecule has 0 aliphatic heterocycles. The molecule has 0 atom stereocenters. The van der Waals surface area contributed by atoms with E-state index in [0.717, 1.165) is 32.0 Å². The van der Waals surface area contributed by atoms with E-state index in [4.69, 9.17) is 4.74 Å². The van der Waals surface area contributed by atoms with Crippen molar-refractivity contribution in [3.8, 4) is 5.75 Å². The Hall–Kier alpha value is -1.06. The van der Waals surface area contributed by atoms with Gasteiger partial charge in [0.05, 0.1) is 6.61 Å². The van der Waals surface area contributed by atoms with E-state index in [2.05, 4.69) is 43.1 Å². The number of benzene rings is 1. The number of likely N-dealkylation sites (N-methyl/N-ethyl adjacent to an activating group) is 2. The third-order valence-corrected chi connectivity index (χ3v) is 2.62. The molecule has 0 saturated heterocycles. The van der Waals surface area contributed by atoms with Gasteiger partial charge in [0.1, 0.15) is 5.75 Å². The SMILES string of the molecule is CCOc1ccc(CN(C)CCN(C)C)cc1. The molecular weight excluding hydrogens is 212 g/mol. The van der Waals surface area contributed by atoms with E-state index in [1.54, 1.807) is 0 Å². The summed E-state index contributed by atoms with van der Waals surface area (Å²) < 4.78 is 5.42. The van der Waals surface area contributed by atoms with Gasteiger partial charge in [-0.1, -0.05) is 12.1 Å². The van der Waals surface area contributed by atoms with Crippen LogP contribution in [0.2, 0.25) is 0 Å². The van der Waals surface area contributed by atoms with Gasteiger partial charge in [-0.25, -0.2) is 0 Å². The van der Waals surface area contributed by atoms with Crippen LogP contribution in [0.5, 0.6) is 5.75 Å². The van der Waals surface area contributed by atoms with Gasteiger partial charge >= 0.3 is 0 Å². The molecule has 1 aromatic carbocycles. The van der Waals surface area contributed by atoms with Crippen LogP contribution in [-0.4, -0.2) is 50.6 Å². The van der Waals surface area contributed by atoms with Gasteiger partial charge in [-0.2, -0.15) is 0 Å². The molecule has 0 spiro atoms. The Kier molecular flexibility index (Phi) is 6.01. The summed E-state index contributed by atoms with van der Waals surface area (Å²) in [6, 6.07) is 8.35. The molecule has 0 saturated carbocycles. The lowest BCUT2D eigenvalue weighted by Gasteiger charge is -2.19. The van der Waals surface area contributed by atoms with Crippen molar-refractivity contribution in [2.24, 2.45) is 0 Å². The Morgan fingerprint density at radius 2 is 1.65 bits per heavy atom. The lowest BCUT2D eigenvalue weighted by atomic mass is 10.2. The second-order valence-corrected chi connectivity index (χ2v) is 4.62. The van der Waals surface area contributed by atoms with Crippen LogP contribution < -0.4 is 4.74 Å². The van der Waals surface area contributed by atoms with Gasteiger partial charge in [-0.05, 0) is 45.8 Å². The molecule has 0 bridgehead atoms. The fraction of sp³-hybridized carbons (Fsp3) is 0.571. The number of ether oxygens (including phenoxy) is 1. The maximum absolute atomic E-state index is 5.42. The van der Waals surface area contributed by atoms with E-state index in [0.29, 0.717) is 0 Å². The summed E-state index contributed by atoms with van der Waals surface area (Å²) in [6.07, 6.45) is 0. The highest BCUT2D eigenvalue weighted by molar-refractivity contribution is 5.27. The van der Waals surface area contributed by atoms with Crippen molar-refractivity contribution < 1.29 is 4.74 Å². The minimum Gasteiger partial charge on any atom is -0.494 e. The second-order valence-electron chi connectivity index (χ2n) is 4.62. The van der Waals surface area contributed by atoms with Crippen LogP contribution in [0.15, 0.2) is 24.3 Å². The molecule has 3 heteroatoms. The second kappa shape index (κ2) is 7.30. The molecule has 0 aliphatic carbocycles. The largest absolute Gasteiger partial charge is 0.494 e. The predicted octanol–water partition coefficient (Wildman–Crippen LogP) is 2.08. The highest BCUT2D eigenvalue weighted by atomic mass is 16.5. The van der Waals surface area contributed by atoms with Crippen molar-refractivity contribution >= 4 is 0 Å². The quantitative estimate of drug-likeness (QED) is 0.721. The van der Waals surface area contributed by atoms with E-state index in [1.165, 1.54) is 5.56 Å². The van der Waals surface area contributed by atoms with Crippen molar-refractivity contribution in [2.75, 3.05) is 40.8 Å². The van der Waals surface area contributed by atoms with Gasteiger partial charge in [0, 0.05) is 19.6 Å². The summed E-state index contributed by atoms with van der Waals surface area (Å²) in [5, 5.41) is 0. The van der Waals surface area contributed by atoms with Crippen LogP contribution in [0, 0.1) is 0 Å². The molecule has 0 fully saturated rings. The smallest absolute Gasteiger partial charge is 0.119 e. The molecule has 0 N–H and O–H groups in total. The Bertz CT molecular complexity index is 309. The van der Waals surface area contributed by atoms with Crippen LogP contribution in [0.4, 0.5) is 0 Å². The number of hydrogen-bond donors (Lipinski definition) is 0. The molecule has 0 amide bonds. The molecule has 0 heterocycles. The topological polar surface area (TPSA) is 15.7 Å². The minimum atomic E-state index is 0.724. The normalized spacial score (nSPS) is 11.2. The molecule has 17 heavy (non-hydrogen) atoms. The summed E-state index contributed by atoms with van der Waals surface area (Å²) in [7, 11) is 6.36. The molecular formula is C14H24N2O. The standard InChI is InChI=1S/C14H24N2O/c1-5-17-14-8-6-13(7-9-14)12-16(4)11-10-15(2)3/h6-9H,5,10-12H2,1-4H3. The van der Waals surface area contributed by atoms with Crippen LogP contribution in [0.3, 0.4) is 0 Å². The van der Waals surface area contributed by atoms with E-state index in [9.17, 15) is 0 Å². The van der Waals surface area contributed by atoms with E-state index in [1.807, 2.05) is 19.1 Å². The number of rotatable bonds is 7. The zero-order valence-electron chi connectivity index (χ0n) is 11.4. The molecule has 0 aromatic heterocycles. The Balaban J connectivity index is 2.40. The molecule has 1 rings (SSSR count). The third kappa shape index (κ3) is 5.71. The summed E-state index contributed by atoms with van der Waals surface area (Å²) in [5.74, 6) is 0.951. The fourth-order valence-electron chi connectivity index (χ4n) is 1.62. The van der Waals surface area contributed by atoms with Crippen LogP contribution >= 0.6 is 0 Å². The Morgan fingerprint density at radius 3 is 2.18 bits per heavy atom. The highest BCUT2D eigenvalue weighted by Gasteiger charge is 2.01. The first-order valence-corrected chi connectivity index (χ1v) is 6.17. The van der Waals surface area contributed by atoms with Gasteiger partial charge in [-0.15, -0.1) is 0 Å². The lowest BCUT2D eigenvalue weighted by molar-refractivity contribution is 0.276. The van der Waals surface area contributed by atoms with Crippen molar-refractivity contribution in [1.82, 2.24) is 9.80 Å². The lowest BCUT2D eigenvalue weighted by Crippen LogP contribution is -2.28. The van der Waals surface area contributed by atoms with Crippen molar-refractivity contribution in [3.63, 3.8) is 0 Å². The summed E-state index contributed by atoms with van der Waals surface area (Å²) in [6.45, 7) is 5.89. The van der Waals surface area contributed by atoms with E-state index >= 15 is 0 Å². The van der Waals surface area contributed by atoms with Crippen LogP contribution in [0.1, 0.15) is 12.5 Å². The molecule has 96 valence electrons. The van der Waals surface area contributed by atoms with E-state index < -0.39 is 0 Å². The fourth-order valence-corrected chi connectivity index (χ4v) is 1.62. The number of hydrogen-bond acceptors (Lipinski definition) is 3. The molecule has 0 aliphatic rings. The van der Waals surface area contributed by atoms with Crippen LogP contribution in [-0.2, 0) is 6.54 Å². The Labute approximate surface area is 105 Å². The van der Waals surface area contributed by atoms with Gasteiger partial charge in [0.25, 0.3) is 0 Å². The maximum Gasteiger partial charge on any atom is 0.119 e. The monoisotopic (exact) mass is 236 g/mol. The molecule has 1 aromatic rings. The van der Waals surface area contributed by atoms with Crippen molar-refractivity contribution in [3.05, 3.63) is 29.8 Å². The van der Waals surface area contributed by atoms with E-state index in [-0.39, 0.29) is 0 Å². The molecule has 3 nitrogen and oxygen atoms in total. The minimum absolute atomic E-state index is 0.724. The first-order chi connectivity index (χ1) is 8.11. The summed E-state index contributed by atoms with van der Waals surface area (Å²) in [5.41, 5.74) is 1.33. The first-order valence-electron chi connectivity index (χ1n) is 6.17. The maximum atomic E-state index is 5.42. The van der Waals surface area contributed by atoms with Gasteiger partial charge in [0.15, 0.2) is 0 Å². The zero-order chi connectivity index (χ0) is 12.7. The van der Waals surface area contributed by atoms with Crippen molar-refractivity contribution in [2.45, 2.75) is 13.5 Å². The Morgan fingerprint density at radius 1 is 1.00 bits per heavy atom. The third-order valence-electron chi connectivity index (χ3n) is 2.62.